The van der Waals surface area contributed by atoms with E-state index in [1.54, 1.807) is 6.26 Å². The maximum atomic E-state index is 5.59. The number of fused-ring (bicyclic) bond motifs is 1. The average molecular weight is 299 g/mol. The van der Waals surface area contributed by atoms with Crippen LogP contribution in [0.2, 0.25) is 0 Å². The quantitative estimate of drug-likeness (QED) is 0.737. The fraction of sp³-hybridized carbons (Fsp3) is 0.375. The number of hydrogen-bond donors (Lipinski definition) is 0. The zero-order valence-electron chi connectivity index (χ0n) is 11.7. The van der Waals surface area contributed by atoms with Crippen molar-refractivity contribution in [3.05, 3.63) is 42.5 Å². The molecular weight excluding hydrogens is 282 g/mol. The molecule has 3 aromatic rings. The van der Waals surface area contributed by atoms with Crippen LogP contribution in [-0.2, 0) is 6.42 Å². The van der Waals surface area contributed by atoms with E-state index in [9.17, 15) is 0 Å². The van der Waals surface area contributed by atoms with Crippen LogP contribution in [0.3, 0.4) is 0 Å². The Balaban J connectivity index is 1.78. The van der Waals surface area contributed by atoms with Crippen molar-refractivity contribution in [2.75, 3.05) is 5.75 Å². The Morgan fingerprint density at radius 3 is 3.10 bits per heavy atom. The molecule has 5 heteroatoms. The highest BCUT2D eigenvalue weighted by Gasteiger charge is 2.21. The Kier molecular flexibility index (Phi) is 3.43. The van der Waals surface area contributed by atoms with Gasteiger partial charge in [0.15, 0.2) is 5.65 Å². The van der Waals surface area contributed by atoms with E-state index >= 15 is 0 Å². The van der Waals surface area contributed by atoms with E-state index in [4.69, 9.17) is 9.40 Å². The molecule has 1 unspecified atom stereocenters. The van der Waals surface area contributed by atoms with Crippen LogP contribution in [0.1, 0.15) is 25.1 Å². The van der Waals surface area contributed by atoms with Crippen molar-refractivity contribution in [2.45, 2.75) is 30.9 Å². The summed E-state index contributed by atoms with van der Waals surface area (Å²) >= 11 is 2.07. The first-order chi connectivity index (χ1) is 10.4. The van der Waals surface area contributed by atoms with Gasteiger partial charge in [-0.25, -0.2) is 14.5 Å². The minimum Gasteiger partial charge on any atom is -0.448 e. The SMILES string of the molecule is c1coc(-n2c(CC3CCCCS3)nc3cccnc32)c1. The fourth-order valence-electron chi connectivity index (χ4n) is 2.90. The molecule has 0 aliphatic carbocycles. The Morgan fingerprint density at radius 1 is 1.29 bits per heavy atom. The number of imidazole rings is 1. The van der Waals surface area contributed by atoms with E-state index in [0.717, 1.165) is 29.3 Å². The molecule has 21 heavy (non-hydrogen) atoms. The van der Waals surface area contributed by atoms with Crippen molar-refractivity contribution >= 4 is 22.9 Å². The number of thioether (sulfide) groups is 1. The Bertz CT molecular complexity index is 729. The van der Waals surface area contributed by atoms with Gasteiger partial charge in [-0.15, -0.1) is 0 Å². The van der Waals surface area contributed by atoms with E-state index in [1.165, 1.54) is 25.0 Å². The summed E-state index contributed by atoms with van der Waals surface area (Å²) < 4.78 is 7.65. The standard InChI is InChI=1S/C16H17N3OS/c1-2-10-21-12(5-1)11-14-18-13-6-3-8-17-16(13)19(14)15-7-4-9-20-15/h3-4,6-9,12H,1-2,5,10-11H2. The van der Waals surface area contributed by atoms with Gasteiger partial charge < -0.3 is 4.42 Å². The molecule has 1 saturated heterocycles. The third-order valence-corrected chi connectivity index (χ3v) is 5.29. The summed E-state index contributed by atoms with van der Waals surface area (Å²) in [5, 5.41) is 0.657. The van der Waals surface area contributed by atoms with Crippen molar-refractivity contribution in [3.63, 3.8) is 0 Å². The molecule has 1 fully saturated rings. The predicted molar refractivity (Wildman–Crippen MR) is 84.9 cm³/mol. The second-order valence-corrected chi connectivity index (χ2v) is 6.76. The summed E-state index contributed by atoms with van der Waals surface area (Å²) in [5.74, 6) is 3.12. The molecule has 0 aromatic carbocycles. The smallest absolute Gasteiger partial charge is 0.206 e. The minimum absolute atomic E-state index is 0.657. The number of nitrogens with zero attached hydrogens (tertiary/aromatic N) is 3. The molecule has 0 amide bonds. The molecule has 0 N–H and O–H groups in total. The van der Waals surface area contributed by atoms with Gasteiger partial charge in [-0.2, -0.15) is 11.8 Å². The number of aromatic nitrogens is 3. The van der Waals surface area contributed by atoms with Crippen LogP contribution in [-0.4, -0.2) is 25.5 Å². The topological polar surface area (TPSA) is 43.9 Å². The average Bonchev–Trinajstić information content (AvgIpc) is 3.14. The van der Waals surface area contributed by atoms with Crippen molar-refractivity contribution in [1.82, 2.24) is 14.5 Å². The summed E-state index contributed by atoms with van der Waals surface area (Å²) in [4.78, 5) is 9.27. The van der Waals surface area contributed by atoms with Gasteiger partial charge >= 0.3 is 0 Å². The van der Waals surface area contributed by atoms with Gasteiger partial charge in [0.1, 0.15) is 11.3 Å². The highest BCUT2D eigenvalue weighted by Crippen LogP contribution is 2.29. The lowest BCUT2D eigenvalue weighted by Crippen LogP contribution is -2.15. The normalized spacial score (nSPS) is 19.1. The number of rotatable bonds is 3. The molecule has 0 spiro atoms. The zero-order chi connectivity index (χ0) is 14.1. The van der Waals surface area contributed by atoms with E-state index in [2.05, 4.69) is 21.3 Å². The molecule has 1 aliphatic rings. The first kappa shape index (κ1) is 13.0. The highest BCUT2D eigenvalue weighted by atomic mass is 32.2. The number of pyridine rings is 1. The van der Waals surface area contributed by atoms with E-state index in [-0.39, 0.29) is 0 Å². The van der Waals surface area contributed by atoms with Gasteiger partial charge in [-0.3, -0.25) is 0 Å². The van der Waals surface area contributed by atoms with E-state index in [0.29, 0.717) is 5.25 Å². The molecule has 108 valence electrons. The molecule has 4 rings (SSSR count). The molecule has 1 atom stereocenters. The van der Waals surface area contributed by atoms with Gasteiger partial charge in [-0.05, 0) is 36.8 Å². The summed E-state index contributed by atoms with van der Waals surface area (Å²) in [6, 6.07) is 7.82. The molecule has 0 bridgehead atoms. The fourth-order valence-corrected chi connectivity index (χ4v) is 4.20. The largest absolute Gasteiger partial charge is 0.448 e. The monoisotopic (exact) mass is 299 g/mol. The second kappa shape index (κ2) is 5.56. The summed E-state index contributed by atoms with van der Waals surface area (Å²) in [5.41, 5.74) is 1.81. The third-order valence-electron chi connectivity index (χ3n) is 3.90. The molecule has 3 aromatic heterocycles. The lowest BCUT2D eigenvalue weighted by Gasteiger charge is -2.20. The van der Waals surface area contributed by atoms with Crippen LogP contribution in [0.4, 0.5) is 0 Å². The lowest BCUT2D eigenvalue weighted by atomic mass is 10.1. The molecular formula is C16H17N3OS. The minimum atomic E-state index is 0.657. The molecule has 4 heterocycles. The van der Waals surface area contributed by atoms with Crippen LogP contribution < -0.4 is 0 Å². The van der Waals surface area contributed by atoms with Crippen LogP contribution in [0.5, 0.6) is 0 Å². The van der Waals surface area contributed by atoms with Crippen molar-refractivity contribution in [3.8, 4) is 5.88 Å². The first-order valence-electron chi connectivity index (χ1n) is 7.39. The van der Waals surface area contributed by atoms with Gasteiger partial charge in [0.25, 0.3) is 0 Å². The molecule has 4 nitrogen and oxygen atoms in total. The van der Waals surface area contributed by atoms with Crippen molar-refractivity contribution in [1.29, 1.82) is 0 Å². The predicted octanol–water partition coefficient (Wildman–Crippen LogP) is 3.84. The first-order valence-corrected chi connectivity index (χ1v) is 8.44. The summed E-state index contributed by atoms with van der Waals surface area (Å²) in [6.07, 6.45) is 8.43. The van der Waals surface area contributed by atoms with Gasteiger partial charge in [0.2, 0.25) is 5.88 Å². The van der Waals surface area contributed by atoms with Crippen LogP contribution in [0, 0.1) is 0 Å². The third kappa shape index (κ3) is 2.46. The number of hydrogen-bond acceptors (Lipinski definition) is 4. The highest BCUT2D eigenvalue weighted by molar-refractivity contribution is 7.99. The summed E-state index contributed by atoms with van der Waals surface area (Å²) in [7, 11) is 0. The number of furan rings is 1. The second-order valence-electron chi connectivity index (χ2n) is 5.35. The van der Waals surface area contributed by atoms with Crippen LogP contribution in [0.15, 0.2) is 41.1 Å². The van der Waals surface area contributed by atoms with Gasteiger partial charge in [0.05, 0.1) is 6.26 Å². The van der Waals surface area contributed by atoms with Crippen molar-refractivity contribution < 1.29 is 4.42 Å². The Hall–Kier alpha value is -1.75. The van der Waals surface area contributed by atoms with Gasteiger partial charge in [0, 0.05) is 23.9 Å². The van der Waals surface area contributed by atoms with Crippen molar-refractivity contribution in [2.24, 2.45) is 0 Å². The molecule has 0 radical (unpaired) electrons. The van der Waals surface area contributed by atoms with Crippen LogP contribution in [0.25, 0.3) is 17.0 Å². The van der Waals surface area contributed by atoms with E-state index < -0.39 is 0 Å². The summed E-state index contributed by atoms with van der Waals surface area (Å²) in [6.45, 7) is 0. The maximum Gasteiger partial charge on any atom is 0.206 e. The van der Waals surface area contributed by atoms with Crippen LogP contribution >= 0.6 is 11.8 Å². The Morgan fingerprint density at radius 2 is 2.29 bits per heavy atom. The van der Waals surface area contributed by atoms with E-state index in [1.807, 2.05) is 30.5 Å². The lowest BCUT2D eigenvalue weighted by molar-refractivity contribution is 0.532. The maximum absolute atomic E-state index is 5.59. The Labute approximate surface area is 127 Å². The molecule has 1 aliphatic heterocycles. The van der Waals surface area contributed by atoms with Gasteiger partial charge in [-0.1, -0.05) is 6.42 Å². The zero-order valence-corrected chi connectivity index (χ0v) is 12.6. The molecule has 0 saturated carbocycles.